The highest BCUT2D eigenvalue weighted by molar-refractivity contribution is 9.10. The number of rotatable bonds is 18. The molecule has 4 aliphatic heterocycles. The molecular formula is C56H68BrN7O11. The van der Waals surface area contributed by atoms with Crippen molar-refractivity contribution in [3.63, 3.8) is 0 Å². The molecule has 2 aromatic carbocycles. The van der Waals surface area contributed by atoms with Crippen LogP contribution in [0.5, 0.6) is 11.5 Å². The van der Waals surface area contributed by atoms with Gasteiger partial charge < -0.3 is 29.1 Å². The van der Waals surface area contributed by atoms with Crippen LogP contribution in [0.2, 0.25) is 0 Å². The summed E-state index contributed by atoms with van der Waals surface area (Å²) in [5, 5.41) is 18.4. The minimum absolute atomic E-state index is 0.00264. The van der Waals surface area contributed by atoms with Crippen molar-refractivity contribution in [2.24, 2.45) is 24.8 Å². The van der Waals surface area contributed by atoms with E-state index in [4.69, 9.17) is 19.3 Å². The number of ether oxygens (including phenoxy) is 3. The molecule has 2 saturated heterocycles. The number of nitrogens with zero attached hydrogens (tertiary/aromatic N) is 6. The number of halogens is 1. The first-order valence-corrected chi connectivity index (χ1v) is 27.8. The van der Waals surface area contributed by atoms with Crippen molar-refractivity contribution >= 4 is 57.7 Å². The van der Waals surface area contributed by atoms with Crippen molar-refractivity contribution in [2.45, 2.75) is 128 Å². The molecule has 5 heterocycles. The molecule has 7 aliphatic rings. The standard InChI is InChI=1S/C56H68BrN7O11/c1-33-49(43(59-60(33)2)31-74-36-18-19-42(57)35(29-36)30-65)40-13-6-12-38-39(15-8-28-73-45-16-5-10-34-9-3-4-11-37(34)45)52(56(71)72)63(51(38)40)27-24-61-22-25-62(26-23-61)48(67)32-75-46-17-7-14-41-50(46)55(70)64(54(41)69)44-20-21-47(66)58-53(44)68/h7,14,17-19,29-30,34,37-38,40,44-45,51H,3-6,8-13,15-16,20-28,31-32H2,1-2H3,(H,71,72)(H,58,66,68). The third-order valence-corrected chi connectivity index (χ3v) is 18.1. The molecule has 10 rings (SSSR count). The van der Waals surface area contributed by atoms with Gasteiger partial charge in [0.1, 0.15) is 35.5 Å². The molecule has 2 N–H and O–H groups in total. The number of aromatic nitrogens is 2. The van der Waals surface area contributed by atoms with Gasteiger partial charge in [-0.2, -0.15) is 5.10 Å². The predicted molar refractivity (Wildman–Crippen MR) is 277 cm³/mol. The first-order chi connectivity index (χ1) is 36.3. The largest absolute Gasteiger partial charge is 0.487 e. The molecule has 0 spiro atoms. The molecule has 7 unspecified atom stereocenters. The number of piperidine rings is 1. The molecule has 0 radical (unpaired) electrons. The lowest BCUT2D eigenvalue weighted by atomic mass is 9.69. The van der Waals surface area contributed by atoms with Gasteiger partial charge in [-0.15, -0.1) is 0 Å². The summed E-state index contributed by atoms with van der Waals surface area (Å²) >= 11 is 3.43. The normalized spacial score (nSPS) is 26.0. The second kappa shape index (κ2) is 22.7. The summed E-state index contributed by atoms with van der Waals surface area (Å²) < 4.78 is 21.5. The maximum atomic E-state index is 13.7. The molecule has 19 heteroatoms. The average Bonchev–Trinajstić information content (AvgIpc) is 3.99. The zero-order chi connectivity index (χ0) is 52.5. The van der Waals surface area contributed by atoms with E-state index in [1.807, 2.05) is 17.8 Å². The Morgan fingerprint density at radius 3 is 2.45 bits per heavy atom. The van der Waals surface area contributed by atoms with Crippen molar-refractivity contribution in [2.75, 3.05) is 52.5 Å². The first-order valence-electron chi connectivity index (χ1n) is 27.0. The number of carboxylic acids is 1. The topological polar surface area (TPSA) is 210 Å². The van der Waals surface area contributed by atoms with Gasteiger partial charge in [0.05, 0.1) is 17.2 Å². The number of aryl methyl sites for hydroxylation is 1. The fourth-order valence-electron chi connectivity index (χ4n) is 13.7. The predicted octanol–water partition coefficient (Wildman–Crippen LogP) is 6.57. The van der Waals surface area contributed by atoms with E-state index in [2.05, 4.69) is 38.0 Å². The highest BCUT2D eigenvalue weighted by Crippen LogP contribution is 2.51. The number of imide groups is 2. The summed E-state index contributed by atoms with van der Waals surface area (Å²) in [6.07, 6.45) is 13.9. The molecule has 18 nitrogen and oxygen atoms in total. The van der Waals surface area contributed by atoms with Crippen molar-refractivity contribution in [3.8, 4) is 11.5 Å². The smallest absolute Gasteiger partial charge is 0.352 e. The Labute approximate surface area is 445 Å². The fourth-order valence-corrected chi connectivity index (χ4v) is 14.0. The van der Waals surface area contributed by atoms with Crippen LogP contribution in [0.15, 0.2) is 52.1 Å². The number of benzene rings is 2. The second-order valence-electron chi connectivity index (χ2n) is 21.5. The van der Waals surface area contributed by atoms with Crippen LogP contribution < -0.4 is 14.8 Å². The van der Waals surface area contributed by atoms with E-state index >= 15 is 0 Å². The molecule has 5 fully saturated rings. The lowest BCUT2D eigenvalue weighted by Gasteiger charge is -2.42. The Morgan fingerprint density at radius 2 is 1.67 bits per heavy atom. The van der Waals surface area contributed by atoms with Crippen molar-refractivity contribution in [1.29, 1.82) is 0 Å². The van der Waals surface area contributed by atoms with Gasteiger partial charge in [0.2, 0.25) is 11.8 Å². The van der Waals surface area contributed by atoms with E-state index in [9.17, 15) is 38.7 Å². The number of aliphatic carboxylic acids is 1. The number of amides is 5. The third-order valence-electron chi connectivity index (χ3n) is 17.3. The molecule has 3 aromatic rings. The number of fused-ring (bicyclic) bond motifs is 3. The molecule has 1 aromatic heterocycles. The van der Waals surface area contributed by atoms with Crippen LogP contribution in [0.3, 0.4) is 0 Å². The lowest BCUT2D eigenvalue weighted by molar-refractivity contribution is -0.137. The Bertz CT molecular complexity index is 2770. The Hall–Kier alpha value is -5.92. The van der Waals surface area contributed by atoms with E-state index in [1.54, 1.807) is 23.1 Å². The van der Waals surface area contributed by atoms with Crippen molar-refractivity contribution < 1.29 is 52.9 Å². The van der Waals surface area contributed by atoms with E-state index in [0.717, 1.165) is 71.7 Å². The number of aldehydes is 1. The molecular weight excluding hydrogens is 1030 g/mol. The Balaban J connectivity index is 0.824. The van der Waals surface area contributed by atoms with Gasteiger partial charge in [0.15, 0.2) is 12.9 Å². The number of carboxylic acid groups (broad SMARTS) is 1. The summed E-state index contributed by atoms with van der Waals surface area (Å²) in [5.41, 5.74) is 4.81. The van der Waals surface area contributed by atoms with Gasteiger partial charge in [-0.05, 0) is 106 Å². The first kappa shape index (κ1) is 52.5. The second-order valence-corrected chi connectivity index (χ2v) is 22.3. The quantitative estimate of drug-likeness (QED) is 0.0785. The Morgan fingerprint density at radius 1 is 0.893 bits per heavy atom. The number of carbonyl (C=O) groups excluding carboxylic acids is 6. The summed E-state index contributed by atoms with van der Waals surface area (Å²) in [6, 6.07) is 8.61. The van der Waals surface area contributed by atoms with Gasteiger partial charge >= 0.3 is 5.97 Å². The molecule has 3 saturated carbocycles. The minimum Gasteiger partial charge on any atom is -0.487 e. The molecule has 400 valence electrons. The van der Waals surface area contributed by atoms with E-state index in [0.29, 0.717) is 79.7 Å². The maximum Gasteiger partial charge on any atom is 0.352 e. The van der Waals surface area contributed by atoms with Crippen molar-refractivity contribution in [3.05, 3.63) is 85.8 Å². The molecule has 75 heavy (non-hydrogen) atoms. The number of hydrogen-bond donors (Lipinski definition) is 2. The molecule has 5 amide bonds. The summed E-state index contributed by atoms with van der Waals surface area (Å²) in [7, 11) is 1.93. The number of piperazine rings is 1. The number of carbonyl (C=O) groups is 7. The minimum atomic E-state index is -1.13. The fraction of sp³-hybridized carbons (Fsp3) is 0.571. The lowest BCUT2D eigenvalue weighted by Crippen LogP contribution is -2.54. The Kier molecular flexibility index (Phi) is 15.9. The zero-order valence-electron chi connectivity index (χ0n) is 42.9. The monoisotopic (exact) mass is 1090 g/mol. The van der Waals surface area contributed by atoms with Gasteiger partial charge in [-0.1, -0.05) is 54.1 Å². The maximum absolute atomic E-state index is 13.7. The van der Waals surface area contributed by atoms with E-state index in [1.165, 1.54) is 50.7 Å². The highest BCUT2D eigenvalue weighted by Gasteiger charge is 2.50. The van der Waals surface area contributed by atoms with E-state index < -0.39 is 35.6 Å². The number of nitrogens with one attached hydrogen (secondary N) is 1. The SMILES string of the molecule is Cc1c(C2CCCC3C(CCCOC4CCCC5CCCCC54)=C(C(=O)O)N(CCN4CCN(C(=O)COc5cccc6c5C(=O)N(C5CCC(=O)NC5=O)C6=O)CC4)C32)c(COc2ccc(Br)c(C=O)c2)nn1C. The van der Waals surface area contributed by atoms with Crippen LogP contribution in [-0.4, -0.2) is 147 Å². The van der Waals surface area contributed by atoms with Crippen LogP contribution in [-0.2, 0) is 37.6 Å². The van der Waals surface area contributed by atoms with Crippen LogP contribution >= 0.6 is 15.9 Å². The average molecular weight is 1100 g/mol. The molecule has 0 bridgehead atoms. The van der Waals surface area contributed by atoms with Crippen LogP contribution in [0.4, 0.5) is 0 Å². The molecule has 3 aliphatic carbocycles. The van der Waals surface area contributed by atoms with E-state index in [-0.39, 0.29) is 72.8 Å². The van der Waals surface area contributed by atoms with Crippen LogP contribution in [0.25, 0.3) is 0 Å². The highest BCUT2D eigenvalue weighted by atomic mass is 79.9. The van der Waals surface area contributed by atoms with Crippen LogP contribution in [0, 0.1) is 24.7 Å². The summed E-state index contributed by atoms with van der Waals surface area (Å²) in [5.74, 6) is -1.75. The van der Waals surface area contributed by atoms with Crippen LogP contribution in [0.1, 0.15) is 144 Å². The number of hydrogen-bond acceptors (Lipinski definition) is 13. The third kappa shape index (κ3) is 10.6. The zero-order valence-corrected chi connectivity index (χ0v) is 44.5. The molecule has 7 atom stereocenters. The summed E-state index contributed by atoms with van der Waals surface area (Å²) in [4.78, 5) is 97.6. The van der Waals surface area contributed by atoms with Crippen molar-refractivity contribution in [1.82, 2.24) is 34.7 Å². The summed E-state index contributed by atoms with van der Waals surface area (Å²) in [6.45, 7) is 5.45. The van der Waals surface area contributed by atoms with Gasteiger partial charge in [0.25, 0.3) is 17.7 Å². The van der Waals surface area contributed by atoms with Gasteiger partial charge in [0, 0.05) is 98.5 Å². The van der Waals surface area contributed by atoms with Gasteiger partial charge in [-0.25, -0.2) is 4.79 Å². The van der Waals surface area contributed by atoms with Gasteiger partial charge in [-0.3, -0.25) is 48.6 Å².